The highest BCUT2D eigenvalue weighted by Gasteiger charge is 2.38. The van der Waals surface area contributed by atoms with Crippen molar-refractivity contribution in [3.05, 3.63) is 48.7 Å². The third-order valence-corrected chi connectivity index (χ3v) is 6.32. The van der Waals surface area contributed by atoms with Crippen molar-refractivity contribution in [1.29, 1.82) is 0 Å². The van der Waals surface area contributed by atoms with Gasteiger partial charge >= 0.3 is 12.1 Å². The van der Waals surface area contributed by atoms with Crippen LogP contribution in [0.5, 0.6) is 0 Å². The van der Waals surface area contributed by atoms with Crippen LogP contribution in [0, 0.1) is 0 Å². The van der Waals surface area contributed by atoms with Gasteiger partial charge in [0.15, 0.2) is 0 Å². The molecule has 0 bridgehead atoms. The Bertz CT molecular complexity index is 1400. The van der Waals surface area contributed by atoms with Crippen LogP contribution in [0.25, 0.3) is 21.5 Å². The molecule has 34 heavy (non-hydrogen) atoms. The number of aliphatic carboxylic acids is 1. The van der Waals surface area contributed by atoms with Gasteiger partial charge in [-0.3, -0.25) is 9.82 Å². The van der Waals surface area contributed by atoms with Gasteiger partial charge in [-0.1, -0.05) is 23.5 Å². The lowest BCUT2D eigenvalue weighted by atomic mass is 10.2. The molecular weight excluding hydrogens is 497 g/mol. The molecule has 0 unspecified atom stereocenters. The summed E-state index contributed by atoms with van der Waals surface area (Å²) in [6, 6.07) is 12.9. The monoisotopic (exact) mass is 514 g/mol. The number of rotatable bonds is 6. The van der Waals surface area contributed by atoms with Crippen molar-refractivity contribution >= 4 is 54.7 Å². The molecule has 0 radical (unpaired) electrons. The molecule has 180 valence electrons. The standard InChI is InChI=1S/C17H16N6O2S2.C2HF3O2/c1-2-27(24,25)23-14-5-3-4-11(8-14)16-21-22-17(26-16)19-13-6-7-15-12(9-13)10-18-20-15;3-2(4,5)1(6)7/h3-10,23H,2H2,1H3,(H,18,20)(H,19,22);(H,6,7). The van der Waals surface area contributed by atoms with Gasteiger partial charge in [0.25, 0.3) is 0 Å². The third-order valence-electron chi connectivity index (χ3n) is 4.12. The van der Waals surface area contributed by atoms with E-state index in [4.69, 9.17) is 9.90 Å². The Morgan fingerprint density at radius 1 is 1.15 bits per heavy atom. The number of H-pyrrole nitrogens is 1. The molecule has 2 aromatic heterocycles. The number of nitrogens with zero attached hydrogens (tertiary/aromatic N) is 3. The fraction of sp³-hybridized carbons (Fsp3) is 0.158. The highest BCUT2D eigenvalue weighted by molar-refractivity contribution is 7.92. The van der Waals surface area contributed by atoms with Crippen LogP contribution >= 0.6 is 11.3 Å². The summed E-state index contributed by atoms with van der Waals surface area (Å²) in [6.07, 6.45) is -3.32. The Kier molecular flexibility index (Phi) is 7.36. The summed E-state index contributed by atoms with van der Waals surface area (Å²) in [5.41, 5.74) is 3.15. The number of carboxylic acids is 1. The third kappa shape index (κ3) is 6.64. The second-order valence-corrected chi connectivity index (χ2v) is 9.59. The smallest absolute Gasteiger partial charge is 0.475 e. The molecular formula is C19H17F3N6O4S2. The molecule has 0 aliphatic rings. The number of nitrogens with one attached hydrogen (secondary N) is 3. The summed E-state index contributed by atoms with van der Waals surface area (Å²) in [7, 11) is -3.32. The van der Waals surface area contributed by atoms with E-state index >= 15 is 0 Å². The van der Waals surface area contributed by atoms with Gasteiger partial charge in [-0.15, -0.1) is 10.2 Å². The van der Waals surface area contributed by atoms with Crippen molar-refractivity contribution in [2.24, 2.45) is 0 Å². The number of hydrogen-bond acceptors (Lipinski definition) is 8. The van der Waals surface area contributed by atoms with Crippen LogP contribution in [0.3, 0.4) is 0 Å². The molecule has 15 heteroatoms. The molecule has 0 aliphatic heterocycles. The molecule has 0 saturated carbocycles. The lowest BCUT2D eigenvalue weighted by molar-refractivity contribution is -0.192. The fourth-order valence-electron chi connectivity index (χ4n) is 2.50. The average molecular weight is 515 g/mol. The highest BCUT2D eigenvalue weighted by Crippen LogP contribution is 2.30. The van der Waals surface area contributed by atoms with Crippen molar-refractivity contribution in [3.63, 3.8) is 0 Å². The van der Waals surface area contributed by atoms with Gasteiger partial charge in [0.2, 0.25) is 15.2 Å². The molecule has 4 aromatic rings. The summed E-state index contributed by atoms with van der Waals surface area (Å²) in [6.45, 7) is 1.59. The number of alkyl halides is 3. The van der Waals surface area contributed by atoms with Crippen molar-refractivity contribution in [2.75, 3.05) is 15.8 Å². The number of sulfonamides is 1. The van der Waals surface area contributed by atoms with Gasteiger partial charge in [-0.05, 0) is 37.3 Å². The SMILES string of the molecule is CCS(=O)(=O)Nc1cccc(-c2nnc(Nc3ccc4[nH]ncc4c3)s2)c1.O=C(O)C(F)(F)F. The first-order valence-corrected chi connectivity index (χ1v) is 11.9. The Labute approximate surface area is 194 Å². The van der Waals surface area contributed by atoms with Crippen LogP contribution in [0.2, 0.25) is 0 Å². The van der Waals surface area contributed by atoms with E-state index in [1.165, 1.54) is 11.3 Å². The van der Waals surface area contributed by atoms with Crippen LogP contribution in [0.4, 0.5) is 29.7 Å². The van der Waals surface area contributed by atoms with Gasteiger partial charge < -0.3 is 10.4 Å². The largest absolute Gasteiger partial charge is 0.490 e. The maximum Gasteiger partial charge on any atom is 0.490 e. The number of aromatic amines is 1. The quantitative estimate of drug-likeness (QED) is 0.299. The van der Waals surface area contributed by atoms with Crippen LogP contribution < -0.4 is 10.0 Å². The minimum absolute atomic E-state index is 0.0190. The first kappa shape index (κ1) is 24.9. The summed E-state index contributed by atoms with van der Waals surface area (Å²) < 4.78 is 57.8. The lowest BCUT2D eigenvalue weighted by Crippen LogP contribution is -2.21. The lowest BCUT2D eigenvalue weighted by Gasteiger charge is -2.06. The Hall–Kier alpha value is -3.72. The number of anilines is 3. The van der Waals surface area contributed by atoms with E-state index in [0.29, 0.717) is 15.8 Å². The first-order valence-electron chi connectivity index (χ1n) is 9.41. The second-order valence-electron chi connectivity index (χ2n) is 6.60. The fourth-order valence-corrected chi connectivity index (χ4v) is 3.89. The van der Waals surface area contributed by atoms with E-state index in [2.05, 4.69) is 30.4 Å². The molecule has 4 rings (SSSR count). The van der Waals surface area contributed by atoms with Crippen LogP contribution in [-0.4, -0.2) is 51.8 Å². The summed E-state index contributed by atoms with van der Waals surface area (Å²) in [5.74, 6) is -2.74. The van der Waals surface area contributed by atoms with Crippen LogP contribution in [0.1, 0.15) is 6.92 Å². The minimum atomic E-state index is -5.08. The molecule has 0 aliphatic carbocycles. The van der Waals surface area contributed by atoms with Crippen LogP contribution in [0.15, 0.2) is 48.7 Å². The van der Waals surface area contributed by atoms with E-state index in [-0.39, 0.29) is 5.75 Å². The number of hydrogen-bond donors (Lipinski definition) is 4. The molecule has 0 fully saturated rings. The summed E-state index contributed by atoms with van der Waals surface area (Å²) in [4.78, 5) is 8.90. The highest BCUT2D eigenvalue weighted by atomic mass is 32.2. The molecule has 0 amide bonds. The molecule has 2 aromatic carbocycles. The van der Waals surface area contributed by atoms with Gasteiger partial charge in [0.1, 0.15) is 5.01 Å². The minimum Gasteiger partial charge on any atom is -0.475 e. The second kappa shape index (κ2) is 10.0. The number of aromatic nitrogens is 4. The number of carboxylic acid groups (broad SMARTS) is 1. The topological polar surface area (TPSA) is 150 Å². The van der Waals surface area contributed by atoms with Gasteiger partial charge in [0.05, 0.1) is 17.5 Å². The molecule has 2 heterocycles. The Morgan fingerprint density at radius 3 is 2.56 bits per heavy atom. The van der Waals surface area contributed by atoms with Gasteiger partial charge in [-0.25, -0.2) is 13.2 Å². The molecule has 0 atom stereocenters. The Morgan fingerprint density at radius 2 is 1.88 bits per heavy atom. The number of carbonyl (C=O) groups is 1. The van der Waals surface area contributed by atoms with Crippen molar-refractivity contribution in [3.8, 4) is 10.6 Å². The van der Waals surface area contributed by atoms with E-state index in [1.54, 1.807) is 31.3 Å². The van der Waals surface area contributed by atoms with E-state index in [0.717, 1.165) is 22.2 Å². The zero-order valence-electron chi connectivity index (χ0n) is 17.3. The zero-order valence-corrected chi connectivity index (χ0v) is 18.9. The number of fused-ring (bicyclic) bond motifs is 1. The van der Waals surface area contributed by atoms with Gasteiger partial charge in [0, 0.05) is 22.3 Å². The molecule has 10 nitrogen and oxygen atoms in total. The summed E-state index contributed by atoms with van der Waals surface area (Å²) >= 11 is 1.39. The number of halogens is 3. The van der Waals surface area contributed by atoms with Crippen LogP contribution in [-0.2, 0) is 14.8 Å². The average Bonchev–Trinajstić information content (AvgIpc) is 3.43. The predicted molar refractivity (Wildman–Crippen MR) is 121 cm³/mol. The summed E-state index contributed by atoms with van der Waals surface area (Å²) in [5, 5.41) is 28.0. The number of benzene rings is 2. The maximum atomic E-state index is 11.7. The normalized spacial score (nSPS) is 11.5. The Balaban J connectivity index is 0.000000406. The van der Waals surface area contributed by atoms with Crippen molar-refractivity contribution in [1.82, 2.24) is 20.4 Å². The van der Waals surface area contributed by atoms with Crippen molar-refractivity contribution < 1.29 is 31.5 Å². The van der Waals surface area contributed by atoms with E-state index in [9.17, 15) is 21.6 Å². The predicted octanol–water partition coefficient (Wildman–Crippen LogP) is 4.22. The molecule has 0 saturated heterocycles. The van der Waals surface area contributed by atoms with E-state index in [1.807, 2.05) is 24.3 Å². The molecule has 0 spiro atoms. The van der Waals surface area contributed by atoms with Gasteiger partial charge in [-0.2, -0.15) is 18.3 Å². The maximum absolute atomic E-state index is 11.7. The molecule has 4 N–H and O–H groups in total. The first-order chi connectivity index (χ1) is 16.0. The zero-order chi connectivity index (χ0) is 24.9. The van der Waals surface area contributed by atoms with E-state index < -0.39 is 22.2 Å². The van der Waals surface area contributed by atoms with Crippen molar-refractivity contribution in [2.45, 2.75) is 13.1 Å².